The van der Waals surface area contributed by atoms with Gasteiger partial charge in [0.2, 0.25) is 0 Å². The number of rotatable bonds is 2. The van der Waals surface area contributed by atoms with Crippen molar-refractivity contribution in [2.45, 2.75) is 67.2 Å². The second-order valence-corrected chi connectivity index (χ2v) is 6.65. The van der Waals surface area contributed by atoms with Crippen LogP contribution in [0.5, 0.6) is 0 Å². The molecule has 1 aromatic carbocycles. The third kappa shape index (κ3) is 2.16. The highest BCUT2D eigenvalue weighted by atomic mass is 14.4. The van der Waals surface area contributed by atoms with Crippen LogP contribution in [-0.4, -0.2) is 0 Å². The molecule has 0 saturated carbocycles. The minimum atomic E-state index is 0.306. The molecule has 1 aromatic rings. The summed E-state index contributed by atoms with van der Waals surface area (Å²) in [5.74, 6) is 0. The average molecular weight is 256 g/mol. The molecule has 0 bridgehead atoms. The molecule has 2 rings (SSSR count). The van der Waals surface area contributed by atoms with E-state index in [4.69, 9.17) is 0 Å². The zero-order valence-corrected chi connectivity index (χ0v) is 13.5. The first-order chi connectivity index (χ1) is 8.81. The van der Waals surface area contributed by atoms with Gasteiger partial charge in [-0.2, -0.15) is 0 Å². The van der Waals surface area contributed by atoms with E-state index in [2.05, 4.69) is 48.1 Å². The van der Waals surface area contributed by atoms with Crippen LogP contribution in [0.15, 0.2) is 12.2 Å². The summed E-state index contributed by atoms with van der Waals surface area (Å²) in [6.45, 7) is 18.1. The molecule has 0 saturated heterocycles. The van der Waals surface area contributed by atoms with Gasteiger partial charge in [0.1, 0.15) is 0 Å². The lowest BCUT2D eigenvalue weighted by atomic mass is 9.66. The Balaban J connectivity index is 2.55. The molecule has 0 spiro atoms. The van der Waals surface area contributed by atoms with E-state index in [9.17, 15) is 0 Å². The van der Waals surface area contributed by atoms with Crippen LogP contribution in [0.25, 0.3) is 0 Å². The second-order valence-electron chi connectivity index (χ2n) is 6.65. The van der Waals surface area contributed by atoms with Crippen LogP contribution in [-0.2, 0) is 12.8 Å². The molecule has 0 fully saturated rings. The van der Waals surface area contributed by atoms with Crippen molar-refractivity contribution in [3.8, 4) is 0 Å². The van der Waals surface area contributed by atoms with Crippen LogP contribution in [0.1, 0.15) is 60.1 Å². The van der Waals surface area contributed by atoms with Gasteiger partial charge in [0.15, 0.2) is 0 Å². The third-order valence-corrected chi connectivity index (χ3v) is 5.73. The largest absolute Gasteiger partial charge is 0.0993 e. The summed E-state index contributed by atoms with van der Waals surface area (Å²) in [6.07, 6.45) is 4.77. The minimum Gasteiger partial charge on any atom is -0.0993 e. The fourth-order valence-corrected chi connectivity index (χ4v) is 3.65. The molecule has 104 valence electrons. The van der Waals surface area contributed by atoms with Gasteiger partial charge < -0.3 is 0 Å². The lowest BCUT2D eigenvalue weighted by Gasteiger charge is -2.39. The Morgan fingerprint density at radius 3 is 2.05 bits per heavy atom. The quantitative estimate of drug-likeness (QED) is 0.623. The Bertz CT molecular complexity index is 534. The summed E-state index contributed by atoms with van der Waals surface area (Å²) in [7, 11) is 0. The molecule has 1 aliphatic rings. The molecule has 0 N–H and O–H groups in total. The van der Waals surface area contributed by atoms with Gasteiger partial charge in [0.05, 0.1) is 0 Å². The first-order valence-corrected chi connectivity index (χ1v) is 7.58. The van der Waals surface area contributed by atoms with Crippen molar-refractivity contribution in [1.82, 2.24) is 0 Å². The molecule has 0 radical (unpaired) electrons. The zero-order valence-electron chi connectivity index (χ0n) is 13.5. The van der Waals surface area contributed by atoms with E-state index in [1.807, 2.05) is 0 Å². The summed E-state index contributed by atoms with van der Waals surface area (Å²) in [6, 6.07) is 0. The van der Waals surface area contributed by atoms with Crippen LogP contribution in [0.4, 0.5) is 0 Å². The van der Waals surface area contributed by atoms with Gasteiger partial charge in [-0.25, -0.2) is 0 Å². The highest BCUT2D eigenvalue weighted by Crippen LogP contribution is 2.44. The lowest BCUT2D eigenvalue weighted by Crippen LogP contribution is -2.29. The van der Waals surface area contributed by atoms with E-state index in [0.29, 0.717) is 5.41 Å². The summed E-state index contributed by atoms with van der Waals surface area (Å²) in [4.78, 5) is 0. The molecule has 0 heterocycles. The van der Waals surface area contributed by atoms with Gasteiger partial charge in [-0.05, 0) is 92.2 Å². The van der Waals surface area contributed by atoms with Crippen LogP contribution < -0.4 is 0 Å². The molecule has 0 aromatic heterocycles. The maximum absolute atomic E-state index is 4.33. The van der Waals surface area contributed by atoms with Gasteiger partial charge in [0, 0.05) is 0 Å². The Morgan fingerprint density at radius 1 is 1.00 bits per heavy atom. The number of allylic oxidation sites excluding steroid dienone is 1. The molecule has 0 heteroatoms. The number of benzene rings is 1. The molecule has 19 heavy (non-hydrogen) atoms. The summed E-state index contributed by atoms with van der Waals surface area (Å²) >= 11 is 0. The van der Waals surface area contributed by atoms with Crippen LogP contribution in [0, 0.1) is 33.1 Å². The Kier molecular flexibility index (Phi) is 3.64. The first-order valence-electron chi connectivity index (χ1n) is 7.58. The maximum atomic E-state index is 4.33. The number of hydrogen-bond donors (Lipinski definition) is 0. The van der Waals surface area contributed by atoms with Crippen LogP contribution >= 0.6 is 0 Å². The highest BCUT2D eigenvalue weighted by Gasteiger charge is 2.33. The van der Waals surface area contributed by atoms with Crippen LogP contribution in [0.3, 0.4) is 0 Å². The van der Waals surface area contributed by atoms with Crippen molar-refractivity contribution < 1.29 is 0 Å². The molecule has 0 nitrogen and oxygen atoms in total. The number of fused-ring (bicyclic) bond motifs is 1. The SMILES string of the molecule is C=C(CC)C1(C)CCc2c(C)c(C)c(C)c(C)c2C1. The summed E-state index contributed by atoms with van der Waals surface area (Å²) in [5, 5.41) is 0. The van der Waals surface area contributed by atoms with Crippen molar-refractivity contribution in [1.29, 1.82) is 0 Å². The van der Waals surface area contributed by atoms with Crippen molar-refractivity contribution >= 4 is 0 Å². The van der Waals surface area contributed by atoms with Gasteiger partial charge in [-0.15, -0.1) is 0 Å². The summed E-state index contributed by atoms with van der Waals surface area (Å²) < 4.78 is 0. The second kappa shape index (κ2) is 4.81. The minimum absolute atomic E-state index is 0.306. The van der Waals surface area contributed by atoms with Crippen molar-refractivity contribution in [3.05, 3.63) is 45.5 Å². The third-order valence-electron chi connectivity index (χ3n) is 5.73. The van der Waals surface area contributed by atoms with E-state index < -0.39 is 0 Å². The molecular weight excluding hydrogens is 228 g/mol. The van der Waals surface area contributed by atoms with Crippen molar-refractivity contribution in [2.75, 3.05) is 0 Å². The monoisotopic (exact) mass is 256 g/mol. The molecule has 0 amide bonds. The van der Waals surface area contributed by atoms with E-state index in [-0.39, 0.29) is 0 Å². The molecule has 1 atom stereocenters. The molecule has 1 unspecified atom stereocenters. The molecule has 1 aliphatic carbocycles. The van der Waals surface area contributed by atoms with Gasteiger partial charge >= 0.3 is 0 Å². The van der Waals surface area contributed by atoms with E-state index in [1.165, 1.54) is 47.1 Å². The first kappa shape index (κ1) is 14.4. The Hall–Kier alpha value is -1.04. The Labute approximate surface area is 118 Å². The van der Waals surface area contributed by atoms with Crippen LogP contribution in [0.2, 0.25) is 0 Å². The van der Waals surface area contributed by atoms with Crippen molar-refractivity contribution in [2.24, 2.45) is 5.41 Å². The zero-order chi connectivity index (χ0) is 14.4. The smallest absolute Gasteiger partial charge is 0.00755 e. The Morgan fingerprint density at radius 2 is 1.53 bits per heavy atom. The lowest BCUT2D eigenvalue weighted by molar-refractivity contribution is 0.334. The maximum Gasteiger partial charge on any atom is -0.00755 e. The predicted molar refractivity (Wildman–Crippen MR) is 85.0 cm³/mol. The fourth-order valence-electron chi connectivity index (χ4n) is 3.65. The van der Waals surface area contributed by atoms with Crippen molar-refractivity contribution in [3.63, 3.8) is 0 Å². The van der Waals surface area contributed by atoms with Gasteiger partial charge in [-0.1, -0.05) is 26.0 Å². The van der Waals surface area contributed by atoms with Gasteiger partial charge in [0.25, 0.3) is 0 Å². The molecular formula is C19H28. The number of hydrogen-bond acceptors (Lipinski definition) is 0. The normalized spacial score (nSPS) is 22.2. The van der Waals surface area contributed by atoms with E-state index in [0.717, 1.165) is 6.42 Å². The topological polar surface area (TPSA) is 0 Å². The van der Waals surface area contributed by atoms with E-state index >= 15 is 0 Å². The average Bonchev–Trinajstić information content (AvgIpc) is 2.41. The predicted octanol–water partition coefficient (Wildman–Crippen LogP) is 5.38. The standard InChI is InChI=1S/C19H28/c1-8-12(2)19(7)10-9-17-15(5)13(3)14(4)16(6)18(17)11-19/h2,8-11H2,1,3-7H3. The fraction of sp³-hybridized carbons (Fsp3) is 0.579. The molecule has 0 aliphatic heterocycles. The van der Waals surface area contributed by atoms with Gasteiger partial charge in [-0.3, -0.25) is 0 Å². The highest BCUT2D eigenvalue weighted by molar-refractivity contribution is 5.52. The summed E-state index contributed by atoms with van der Waals surface area (Å²) in [5.41, 5.74) is 11.0. The van der Waals surface area contributed by atoms with E-state index in [1.54, 1.807) is 11.1 Å².